The van der Waals surface area contributed by atoms with Crippen LogP contribution in [0.2, 0.25) is 5.28 Å². The molecule has 0 aliphatic carbocycles. The van der Waals surface area contributed by atoms with E-state index in [-0.39, 0.29) is 5.28 Å². The zero-order chi connectivity index (χ0) is 12.5. The van der Waals surface area contributed by atoms with E-state index >= 15 is 0 Å². The van der Waals surface area contributed by atoms with E-state index in [2.05, 4.69) is 34.3 Å². The molecule has 0 bridgehead atoms. The Bertz CT molecular complexity index is 708. The number of thiophene rings is 1. The van der Waals surface area contributed by atoms with Gasteiger partial charge in [0.05, 0.1) is 5.39 Å². The molecule has 2 heterocycles. The van der Waals surface area contributed by atoms with Crippen LogP contribution in [0.3, 0.4) is 0 Å². The third kappa shape index (κ3) is 2.17. The van der Waals surface area contributed by atoms with Crippen molar-refractivity contribution in [1.82, 2.24) is 9.97 Å². The maximum absolute atomic E-state index is 5.92. The lowest BCUT2D eigenvalue weighted by Crippen LogP contribution is -1.96. The third-order valence-corrected chi connectivity index (χ3v) is 3.55. The van der Waals surface area contributed by atoms with Crippen LogP contribution < -0.4 is 5.32 Å². The van der Waals surface area contributed by atoms with E-state index in [1.807, 2.05) is 23.6 Å². The molecular formula is C13H10ClN3S. The van der Waals surface area contributed by atoms with Crippen molar-refractivity contribution in [1.29, 1.82) is 0 Å². The summed E-state index contributed by atoms with van der Waals surface area (Å²) in [5.41, 5.74) is 2.19. The zero-order valence-electron chi connectivity index (χ0n) is 9.64. The molecule has 0 aliphatic rings. The molecule has 1 N–H and O–H groups in total. The second-order valence-electron chi connectivity index (χ2n) is 3.98. The van der Waals surface area contributed by atoms with E-state index in [0.717, 1.165) is 21.7 Å². The number of nitrogens with one attached hydrogen (secondary N) is 1. The molecule has 3 rings (SSSR count). The second kappa shape index (κ2) is 4.55. The van der Waals surface area contributed by atoms with Gasteiger partial charge in [-0.25, -0.2) is 4.98 Å². The summed E-state index contributed by atoms with van der Waals surface area (Å²) in [6.45, 7) is 2.05. The molecule has 0 fully saturated rings. The summed E-state index contributed by atoms with van der Waals surface area (Å²) in [6.07, 6.45) is 0. The van der Waals surface area contributed by atoms with E-state index < -0.39 is 0 Å². The highest BCUT2D eigenvalue weighted by atomic mass is 35.5. The zero-order valence-corrected chi connectivity index (χ0v) is 11.2. The Morgan fingerprint density at radius 3 is 2.94 bits per heavy atom. The molecule has 0 amide bonds. The average Bonchev–Trinajstić information content (AvgIpc) is 2.77. The molecule has 2 aromatic heterocycles. The minimum absolute atomic E-state index is 0.264. The van der Waals surface area contributed by atoms with E-state index in [4.69, 9.17) is 11.6 Å². The Morgan fingerprint density at radius 2 is 2.11 bits per heavy atom. The predicted octanol–water partition coefficient (Wildman–Crippen LogP) is 4.40. The van der Waals surface area contributed by atoms with Gasteiger partial charge < -0.3 is 5.32 Å². The van der Waals surface area contributed by atoms with Crippen molar-refractivity contribution in [2.45, 2.75) is 6.92 Å². The predicted molar refractivity (Wildman–Crippen MR) is 76.9 cm³/mol. The van der Waals surface area contributed by atoms with Crippen molar-refractivity contribution >= 4 is 44.7 Å². The quantitative estimate of drug-likeness (QED) is 0.705. The molecule has 0 saturated carbocycles. The molecule has 0 radical (unpaired) electrons. The lowest BCUT2D eigenvalue weighted by molar-refractivity contribution is 1.23. The van der Waals surface area contributed by atoms with Gasteiger partial charge >= 0.3 is 0 Å². The van der Waals surface area contributed by atoms with Crippen LogP contribution in [0.4, 0.5) is 11.5 Å². The van der Waals surface area contributed by atoms with E-state index in [9.17, 15) is 0 Å². The molecular weight excluding hydrogens is 266 g/mol. The van der Waals surface area contributed by atoms with Gasteiger partial charge in [0.2, 0.25) is 5.28 Å². The van der Waals surface area contributed by atoms with Crippen LogP contribution in [-0.4, -0.2) is 9.97 Å². The number of anilines is 2. The van der Waals surface area contributed by atoms with Crippen molar-refractivity contribution in [2.75, 3.05) is 5.32 Å². The van der Waals surface area contributed by atoms with Gasteiger partial charge in [-0.2, -0.15) is 4.98 Å². The minimum atomic E-state index is 0.264. The number of hydrogen-bond donors (Lipinski definition) is 1. The second-order valence-corrected chi connectivity index (χ2v) is 5.21. The fourth-order valence-corrected chi connectivity index (χ4v) is 2.77. The number of nitrogens with zero attached hydrogens (tertiary/aromatic N) is 2. The van der Waals surface area contributed by atoms with Crippen LogP contribution in [0.1, 0.15) is 5.56 Å². The van der Waals surface area contributed by atoms with Crippen molar-refractivity contribution < 1.29 is 0 Å². The van der Waals surface area contributed by atoms with Crippen LogP contribution in [0.25, 0.3) is 10.2 Å². The fraction of sp³-hybridized carbons (Fsp3) is 0.0769. The summed E-state index contributed by atoms with van der Waals surface area (Å²) in [5, 5.41) is 6.52. The highest BCUT2D eigenvalue weighted by Crippen LogP contribution is 2.28. The maximum atomic E-state index is 5.92. The van der Waals surface area contributed by atoms with Gasteiger partial charge in [-0.1, -0.05) is 12.1 Å². The van der Waals surface area contributed by atoms with Gasteiger partial charge in [0.1, 0.15) is 10.6 Å². The molecule has 0 spiro atoms. The number of aromatic nitrogens is 2. The Balaban J connectivity index is 2.06. The van der Waals surface area contributed by atoms with Gasteiger partial charge in [0.15, 0.2) is 0 Å². The molecule has 0 unspecified atom stereocenters. The summed E-state index contributed by atoms with van der Waals surface area (Å²) in [6, 6.07) is 10.1. The molecule has 3 nitrogen and oxygen atoms in total. The lowest BCUT2D eigenvalue weighted by Gasteiger charge is -2.07. The van der Waals surface area contributed by atoms with Crippen molar-refractivity contribution in [3.8, 4) is 0 Å². The van der Waals surface area contributed by atoms with Crippen molar-refractivity contribution in [3.63, 3.8) is 0 Å². The Labute approximate surface area is 113 Å². The number of halogens is 1. The topological polar surface area (TPSA) is 37.8 Å². The Hall–Kier alpha value is -1.65. The third-order valence-electron chi connectivity index (χ3n) is 2.58. The van der Waals surface area contributed by atoms with E-state index in [0.29, 0.717) is 0 Å². The summed E-state index contributed by atoms with van der Waals surface area (Å²) in [5.74, 6) is 0.747. The molecule has 5 heteroatoms. The Morgan fingerprint density at radius 1 is 1.22 bits per heavy atom. The SMILES string of the molecule is Cc1cccc(Nc2nc(Cl)nc3sccc23)c1. The fourth-order valence-electron chi connectivity index (χ4n) is 1.78. The number of fused-ring (bicyclic) bond motifs is 1. The monoisotopic (exact) mass is 275 g/mol. The van der Waals surface area contributed by atoms with Crippen LogP contribution in [0, 0.1) is 6.92 Å². The van der Waals surface area contributed by atoms with Crippen molar-refractivity contribution in [2.24, 2.45) is 0 Å². The largest absolute Gasteiger partial charge is 0.340 e. The van der Waals surface area contributed by atoms with Gasteiger partial charge in [0.25, 0.3) is 0 Å². The smallest absolute Gasteiger partial charge is 0.225 e. The lowest BCUT2D eigenvalue weighted by atomic mass is 10.2. The molecule has 18 heavy (non-hydrogen) atoms. The molecule has 0 atom stereocenters. The number of hydrogen-bond acceptors (Lipinski definition) is 4. The summed E-state index contributed by atoms with van der Waals surface area (Å²) in [4.78, 5) is 9.33. The van der Waals surface area contributed by atoms with Gasteiger partial charge in [-0.15, -0.1) is 11.3 Å². The first-order valence-corrected chi connectivity index (χ1v) is 6.72. The first-order valence-electron chi connectivity index (χ1n) is 5.47. The summed E-state index contributed by atoms with van der Waals surface area (Å²) < 4.78 is 0. The van der Waals surface area contributed by atoms with E-state index in [1.165, 1.54) is 5.56 Å². The van der Waals surface area contributed by atoms with E-state index in [1.54, 1.807) is 11.3 Å². The molecule has 1 aromatic carbocycles. The first-order chi connectivity index (χ1) is 8.72. The maximum Gasteiger partial charge on any atom is 0.225 e. The minimum Gasteiger partial charge on any atom is -0.340 e. The van der Waals surface area contributed by atoms with Crippen LogP contribution in [-0.2, 0) is 0 Å². The van der Waals surface area contributed by atoms with Crippen LogP contribution in [0.15, 0.2) is 35.7 Å². The van der Waals surface area contributed by atoms with Crippen LogP contribution >= 0.6 is 22.9 Å². The van der Waals surface area contributed by atoms with Crippen molar-refractivity contribution in [3.05, 3.63) is 46.6 Å². The van der Waals surface area contributed by atoms with Gasteiger partial charge in [0, 0.05) is 5.69 Å². The summed E-state index contributed by atoms with van der Waals surface area (Å²) >= 11 is 7.48. The highest BCUT2D eigenvalue weighted by Gasteiger charge is 2.07. The molecule has 3 aromatic rings. The summed E-state index contributed by atoms with van der Waals surface area (Å²) in [7, 11) is 0. The molecule has 0 aliphatic heterocycles. The highest BCUT2D eigenvalue weighted by molar-refractivity contribution is 7.16. The molecule has 0 saturated heterocycles. The number of rotatable bonds is 2. The molecule has 90 valence electrons. The van der Waals surface area contributed by atoms with Gasteiger partial charge in [-0.3, -0.25) is 0 Å². The number of aryl methyl sites for hydroxylation is 1. The van der Waals surface area contributed by atoms with Gasteiger partial charge in [-0.05, 0) is 47.7 Å². The normalized spacial score (nSPS) is 10.8. The Kier molecular flexibility index (Phi) is 2.89. The van der Waals surface area contributed by atoms with Crippen LogP contribution in [0.5, 0.6) is 0 Å². The average molecular weight is 276 g/mol. The standard InChI is InChI=1S/C13H10ClN3S/c1-8-3-2-4-9(7-8)15-11-10-5-6-18-12(10)17-13(14)16-11/h2-7H,1H3,(H,15,16,17). The first kappa shape index (κ1) is 11.4. The number of benzene rings is 1.